The molecule has 6 heteroatoms. The van der Waals surface area contributed by atoms with Gasteiger partial charge in [-0.15, -0.1) is 0 Å². The number of pyridine rings is 1. The van der Waals surface area contributed by atoms with Gasteiger partial charge >= 0.3 is 0 Å². The first kappa shape index (κ1) is 16.1. The van der Waals surface area contributed by atoms with E-state index in [0.717, 1.165) is 16.6 Å². The van der Waals surface area contributed by atoms with Gasteiger partial charge in [0.2, 0.25) is 11.7 Å². The molecule has 0 aliphatic heterocycles. The molecule has 0 saturated heterocycles. The Labute approximate surface area is 133 Å². The number of rotatable bonds is 6. The highest BCUT2D eigenvalue weighted by molar-refractivity contribution is 9.10. The summed E-state index contributed by atoms with van der Waals surface area (Å²) in [5.74, 6) is 1.85. The first-order valence-corrected chi connectivity index (χ1v) is 8.00. The minimum absolute atomic E-state index is 0.186. The number of likely N-dealkylation sites (N-methyl/N-ethyl adjacent to an activating group) is 1. The number of hydrogen-bond donors (Lipinski definition) is 1. The molecule has 2 atom stereocenters. The average molecular weight is 353 g/mol. The van der Waals surface area contributed by atoms with E-state index in [1.807, 2.05) is 6.07 Å². The Balaban J connectivity index is 2.28. The molecule has 0 aromatic carbocycles. The van der Waals surface area contributed by atoms with Crippen molar-refractivity contribution in [2.75, 3.05) is 6.54 Å². The Hall–Kier alpha value is -1.27. The lowest BCUT2D eigenvalue weighted by atomic mass is 9.89. The first-order chi connectivity index (χ1) is 10.0. The van der Waals surface area contributed by atoms with Crippen molar-refractivity contribution in [3.8, 4) is 11.4 Å². The molecule has 2 unspecified atom stereocenters. The van der Waals surface area contributed by atoms with Crippen LogP contribution in [0.1, 0.15) is 39.5 Å². The van der Waals surface area contributed by atoms with E-state index in [2.05, 4.69) is 64.1 Å². The monoisotopic (exact) mass is 352 g/mol. The van der Waals surface area contributed by atoms with Crippen LogP contribution in [-0.4, -0.2) is 27.7 Å². The molecule has 0 amide bonds. The van der Waals surface area contributed by atoms with Crippen LogP contribution in [0.3, 0.4) is 0 Å². The molecule has 1 N–H and O–H groups in total. The average Bonchev–Trinajstić information content (AvgIpc) is 2.88. The van der Waals surface area contributed by atoms with Gasteiger partial charge in [0.05, 0.1) is 5.92 Å². The van der Waals surface area contributed by atoms with Gasteiger partial charge in [0, 0.05) is 28.5 Å². The third kappa shape index (κ3) is 3.89. The van der Waals surface area contributed by atoms with Crippen LogP contribution >= 0.6 is 15.9 Å². The van der Waals surface area contributed by atoms with Crippen molar-refractivity contribution in [3.63, 3.8) is 0 Å². The fraction of sp³-hybridized carbons (Fsp3) is 0.533. The van der Waals surface area contributed by atoms with Gasteiger partial charge in [-0.05, 0) is 41.4 Å². The van der Waals surface area contributed by atoms with Crippen molar-refractivity contribution in [2.45, 2.75) is 39.7 Å². The molecule has 2 rings (SSSR count). The molecule has 21 heavy (non-hydrogen) atoms. The molecule has 0 saturated carbocycles. The normalized spacial score (nSPS) is 14.4. The minimum Gasteiger partial charge on any atom is -0.339 e. The molecule has 0 radical (unpaired) electrons. The van der Waals surface area contributed by atoms with Crippen molar-refractivity contribution in [1.29, 1.82) is 0 Å². The van der Waals surface area contributed by atoms with Crippen molar-refractivity contribution in [3.05, 3.63) is 28.8 Å². The van der Waals surface area contributed by atoms with Gasteiger partial charge in [-0.1, -0.05) is 25.9 Å². The van der Waals surface area contributed by atoms with Gasteiger partial charge in [0.15, 0.2) is 0 Å². The quantitative estimate of drug-likeness (QED) is 0.859. The number of aromatic nitrogens is 3. The maximum absolute atomic E-state index is 5.51. The van der Waals surface area contributed by atoms with Crippen molar-refractivity contribution >= 4 is 15.9 Å². The van der Waals surface area contributed by atoms with Crippen LogP contribution in [0.5, 0.6) is 0 Å². The van der Waals surface area contributed by atoms with Crippen LogP contribution in [0.2, 0.25) is 0 Å². The summed E-state index contributed by atoms with van der Waals surface area (Å²) in [6.07, 6.45) is 3.46. The summed E-state index contributed by atoms with van der Waals surface area (Å²) in [6.45, 7) is 9.51. The second kappa shape index (κ2) is 7.13. The number of nitrogens with zero attached hydrogens (tertiary/aromatic N) is 3. The lowest BCUT2D eigenvalue weighted by molar-refractivity contribution is 0.281. The second-order valence-corrected chi connectivity index (χ2v) is 6.38. The summed E-state index contributed by atoms with van der Waals surface area (Å²) in [5.41, 5.74) is 0.845. The van der Waals surface area contributed by atoms with Crippen molar-refractivity contribution in [2.24, 2.45) is 5.92 Å². The molecule has 5 nitrogen and oxygen atoms in total. The summed E-state index contributed by atoms with van der Waals surface area (Å²) in [5, 5.41) is 7.53. The molecule has 0 fully saturated rings. The maximum Gasteiger partial charge on any atom is 0.231 e. The van der Waals surface area contributed by atoms with E-state index in [4.69, 9.17) is 4.52 Å². The summed E-state index contributed by atoms with van der Waals surface area (Å²) in [6, 6.07) is 2.21. The van der Waals surface area contributed by atoms with Crippen LogP contribution in [0, 0.1) is 5.92 Å². The molecule has 0 aliphatic rings. The number of nitrogens with one attached hydrogen (secondary N) is 1. The first-order valence-electron chi connectivity index (χ1n) is 7.20. The van der Waals surface area contributed by atoms with Gasteiger partial charge in [-0.25, -0.2) is 0 Å². The standard InChI is InChI=1S/C15H21BrN4O/c1-5-18-10(4)13(9(2)3)15-19-14(20-21-15)11-6-12(16)8-17-7-11/h6-10,13,18H,5H2,1-4H3. The third-order valence-corrected chi connectivity index (χ3v) is 3.91. The van der Waals surface area contributed by atoms with Gasteiger partial charge in [0.1, 0.15) is 0 Å². The van der Waals surface area contributed by atoms with E-state index in [1.165, 1.54) is 0 Å². The zero-order valence-electron chi connectivity index (χ0n) is 12.8. The summed E-state index contributed by atoms with van der Waals surface area (Å²) in [4.78, 5) is 8.70. The van der Waals surface area contributed by atoms with Crippen LogP contribution in [0.25, 0.3) is 11.4 Å². The van der Waals surface area contributed by atoms with Gasteiger partial charge in [-0.2, -0.15) is 4.98 Å². The van der Waals surface area contributed by atoms with E-state index in [-0.39, 0.29) is 12.0 Å². The highest BCUT2D eigenvalue weighted by Gasteiger charge is 2.28. The Kier molecular flexibility index (Phi) is 5.47. The Morgan fingerprint density at radius 2 is 2.05 bits per heavy atom. The smallest absolute Gasteiger partial charge is 0.231 e. The van der Waals surface area contributed by atoms with E-state index in [9.17, 15) is 0 Å². The number of halogens is 1. The molecule has 114 valence electrons. The lowest BCUT2D eigenvalue weighted by Crippen LogP contribution is -2.34. The lowest BCUT2D eigenvalue weighted by Gasteiger charge is -2.24. The topological polar surface area (TPSA) is 63.8 Å². The second-order valence-electron chi connectivity index (χ2n) is 5.46. The maximum atomic E-state index is 5.51. The van der Waals surface area contributed by atoms with Crippen LogP contribution < -0.4 is 5.32 Å². The Bertz CT molecular complexity index is 585. The van der Waals surface area contributed by atoms with E-state index < -0.39 is 0 Å². The molecular weight excluding hydrogens is 332 g/mol. The van der Waals surface area contributed by atoms with Crippen LogP contribution in [0.15, 0.2) is 27.5 Å². The zero-order chi connectivity index (χ0) is 15.4. The third-order valence-electron chi connectivity index (χ3n) is 3.47. The number of hydrogen-bond acceptors (Lipinski definition) is 5. The molecule has 2 heterocycles. The molecule has 2 aromatic rings. The predicted molar refractivity (Wildman–Crippen MR) is 85.9 cm³/mol. The van der Waals surface area contributed by atoms with Crippen LogP contribution in [0.4, 0.5) is 0 Å². The Morgan fingerprint density at radius 3 is 2.67 bits per heavy atom. The summed E-state index contributed by atoms with van der Waals surface area (Å²) in [7, 11) is 0. The van der Waals surface area contributed by atoms with Crippen LogP contribution in [-0.2, 0) is 0 Å². The molecule has 2 aromatic heterocycles. The summed E-state index contributed by atoms with van der Waals surface area (Å²) >= 11 is 3.40. The fourth-order valence-electron chi connectivity index (χ4n) is 2.55. The zero-order valence-corrected chi connectivity index (χ0v) is 14.4. The van der Waals surface area contributed by atoms with Gasteiger partial charge in [-0.3, -0.25) is 4.98 Å². The SMILES string of the molecule is CCNC(C)C(c1nc(-c2cncc(Br)c2)no1)C(C)C. The minimum atomic E-state index is 0.186. The van der Waals surface area contributed by atoms with Crippen molar-refractivity contribution < 1.29 is 4.52 Å². The van der Waals surface area contributed by atoms with E-state index in [0.29, 0.717) is 17.6 Å². The summed E-state index contributed by atoms with van der Waals surface area (Å²) < 4.78 is 6.40. The van der Waals surface area contributed by atoms with Crippen molar-refractivity contribution in [1.82, 2.24) is 20.4 Å². The Morgan fingerprint density at radius 1 is 1.29 bits per heavy atom. The molecule has 0 spiro atoms. The van der Waals surface area contributed by atoms with E-state index in [1.54, 1.807) is 12.4 Å². The highest BCUT2D eigenvalue weighted by atomic mass is 79.9. The van der Waals surface area contributed by atoms with Gasteiger partial charge in [0.25, 0.3) is 0 Å². The fourth-order valence-corrected chi connectivity index (χ4v) is 2.91. The molecule has 0 bridgehead atoms. The molecule has 0 aliphatic carbocycles. The van der Waals surface area contributed by atoms with Gasteiger partial charge < -0.3 is 9.84 Å². The largest absolute Gasteiger partial charge is 0.339 e. The highest BCUT2D eigenvalue weighted by Crippen LogP contribution is 2.28. The predicted octanol–water partition coefficient (Wildman–Crippen LogP) is 3.63. The molecular formula is C15H21BrN4O. The van der Waals surface area contributed by atoms with E-state index >= 15 is 0 Å².